The first-order valence-corrected chi connectivity index (χ1v) is 15.0. The van der Waals surface area contributed by atoms with Crippen LogP contribution in [0.15, 0.2) is 66.7 Å². The maximum absolute atomic E-state index is 10.6. The largest absolute Gasteiger partial charge is 0.504 e. The first kappa shape index (κ1) is 29.7. The lowest BCUT2D eigenvalue weighted by Crippen LogP contribution is -2.33. The summed E-state index contributed by atoms with van der Waals surface area (Å²) in [6.07, 6.45) is 3.27. The molecule has 2 atom stereocenters. The summed E-state index contributed by atoms with van der Waals surface area (Å²) in [6, 6.07) is 21.3. The van der Waals surface area contributed by atoms with E-state index in [-0.39, 0.29) is 29.3 Å². The zero-order valence-corrected chi connectivity index (χ0v) is 25.7. The van der Waals surface area contributed by atoms with Crippen molar-refractivity contribution in [1.82, 2.24) is 9.80 Å². The topological polar surface area (TPSA) is 94.9 Å². The summed E-state index contributed by atoms with van der Waals surface area (Å²) in [5, 5.41) is 31.4. The number of benzene rings is 4. The van der Waals surface area contributed by atoms with E-state index in [2.05, 4.69) is 36.0 Å². The molecule has 6 rings (SSSR count). The molecule has 4 aromatic carbocycles. The molecule has 4 aromatic rings. The van der Waals surface area contributed by atoms with Gasteiger partial charge in [0.2, 0.25) is 0 Å². The number of ether oxygens (including phenoxy) is 3. The molecule has 44 heavy (non-hydrogen) atoms. The molecule has 8 heteroatoms. The molecule has 0 amide bonds. The fraction of sp³-hybridized carbons (Fsp3) is 0.333. The Hall–Kier alpha value is -4.40. The fourth-order valence-corrected chi connectivity index (χ4v) is 6.58. The third kappa shape index (κ3) is 5.87. The van der Waals surface area contributed by atoms with Crippen molar-refractivity contribution in [1.29, 1.82) is 0 Å². The lowest BCUT2D eigenvalue weighted by atomic mass is 9.88. The number of nitrogens with zero attached hydrogens (tertiary/aromatic N) is 2. The van der Waals surface area contributed by atoms with Crippen molar-refractivity contribution in [2.75, 3.05) is 41.4 Å². The highest BCUT2D eigenvalue weighted by molar-refractivity contribution is 5.51. The van der Waals surface area contributed by atoms with E-state index < -0.39 is 0 Å². The van der Waals surface area contributed by atoms with Crippen LogP contribution in [0, 0.1) is 0 Å². The molecule has 0 saturated carbocycles. The molecule has 0 spiro atoms. The minimum atomic E-state index is 0.0687. The van der Waals surface area contributed by atoms with Crippen LogP contribution in [-0.4, -0.2) is 66.5 Å². The Morgan fingerprint density at radius 1 is 0.614 bits per heavy atom. The highest BCUT2D eigenvalue weighted by Crippen LogP contribution is 2.41. The van der Waals surface area contributed by atoms with E-state index in [0.717, 1.165) is 54.6 Å². The number of rotatable bonds is 8. The minimum absolute atomic E-state index is 0.0687. The van der Waals surface area contributed by atoms with Gasteiger partial charge in [0.05, 0.1) is 14.2 Å². The summed E-state index contributed by atoms with van der Waals surface area (Å²) in [5.74, 6) is 2.43. The van der Waals surface area contributed by atoms with E-state index >= 15 is 0 Å². The van der Waals surface area contributed by atoms with Crippen LogP contribution in [0.2, 0.25) is 0 Å². The number of fused-ring (bicyclic) bond motifs is 2. The first-order chi connectivity index (χ1) is 21.2. The molecule has 2 heterocycles. The predicted octanol–water partition coefficient (Wildman–Crippen LogP) is 6.16. The SMILES string of the molecule is COc1cc2c(cc1O)C(Cc1ccc(O)c(Oc3ccc(CC4c5cc(OC)c(O)cc5CCN4C)cc3)c1)N(C)CC2. The molecule has 0 aliphatic carbocycles. The van der Waals surface area contributed by atoms with E-state index in [0.29, 0.717) is 29.4 Å². The van der Waals surface area contributed by atoms with Gasteiger partial charge in [-0.05, 0) is 122 Å². The smallest absolute Gasteiger partial charge is 0.169 e. The van der Waals surface area contributed by atoms with Crippen molar-refractivity contribution >= 4 is 0 Å². The Balaban J connectivity index is 1.18. The number of phenols is 3. The Morgan fingerprint density at radius 2 is 1.16 bits per heavy atom. The number of aromatic hydroxyl groups is 3. The van der Waals surface area contributed by atoms with Gasteiger partial charge in [-0.2, -0.15) is 0 Å². The van der Waals surface area contributed by atoms with E-state index in [9.17, 15) is 15.3 Å². The second-order valence-corrected chi connectivity index (χ2v) is 11.9. The molecule has 0 bridgehead atoms. The summed E-state index contributed by atoms with van der Waals surface area (Å²) in [5.41, 5.74) is 6.78. The summed E-state index contributed by atoms with van der Waals surface area (Å²) >= 11 is 0. The van der Waals surface area contributed by atoms with Gasteiger partial charge in [-0.15, -0.1) is 0 Å². The second kappa shape index (κ2) is 12.3. The summed E-state index contributed by atoms with van der Waals surface area (Å²) in [4.78, 5) is 4.63. The van der Waals surface area contributed by atoms with E-state index in [1.807, 2.05) is 48.5 Å². The van der Waals surface area contributed by atoms with Gasteiger partial charge in [-0.3, -0.25) is 9.80 Å². The first-order valence-electron chi connectivity index (χ1n) is 15.0. The Morgan fingerprint density at radius 3 is 1.82 bits per heavy atom. The van der Waals surface area contributed by atoms with Gasteiger partial charge in [0, 0.05) is 25.2 Å². The maximum Gasteiger partial charge on any atom is 0.169 e. The standard InChI is InChI=1S/C36H40N2O6/c1-37-13-11-24-18-32(40)35(43-4)21-28(24)29(37)15-22-5-8-26(9-6-22)44-36-17-23(7-10-31(36)39)16-30-27-20-33(41)34(42-3)19-25(27)12-14-38(30)2/h5-10,17-21,29-30,39-41H,11-16H2,1-4H3. The quantitative estimate of drug-likeness (QED) is 0.223. The lowest BCUT2D eigenvalue weighted by Gasteiger charge is -2.35. The third-order valence-electron chi connectivity index (χ3n) is 9.16. The molecular formula is C36H40N2O6. The van der Waals surface area contributed by atoms with Crippen LogP contribution in [0.5, 0.6) is 40.2 Å². The van der Waals surface area contributed by atoms with Gasteiger partial charge in [0.25, 0.3) is 0 Å². The van der Waals surface area contributed by atoms with Crippen molar-refractivity contribution in [2.45, 2.75) is 37.8 Å². The van der Waals surface area contributed by atoms with Crippen molar-refractivity contribution < 1.29 is 29.5 Å². The van der Waals surface area contributed by atoms with E-state index in [1.54, 1.807) is 20.3 Å². The molecule has 230 valence electrons. The Labute approximate surface area is 258 Å². The van der Waals surface area contributed by atoms with Crippen LogP contribution in [0.3, 0.4) is 0 Å². The van der Waals surface area contributed by atoms with Gasteiger partial charge in [0.15, 0.2) is 34.5 Å². The van der Waals surface area contributed by atoms with Gasteiger partial charge < -0.3 is 29.5 Å². The number of hydrogen-bond donors (Lipinski definition) is 3. The second-order valence-electron chi connectivity index (χ2n) is 11.9. The Kier molecular flexibility index (Phi) is 8.29. The highest BCUT2D eigenvalue weighted by atomic mass is 16.5. The van der Waals surface area contributed by atoms with Crippen molar-refractivity contribution in [3.63, 3.8) is 0 Å². The zero-order chi connectivity index (χ0) is 31.0. The molecule has 8 nitrogen and oxygen atoms in total. The highest BCUT2D eigenvalue weighted by Gasteiger charge is 2.28. The average Bonchev–Trinajstić information content (AvgIpc) is 3.02. The minimum Gasteiger partial charge on any atom is -0.504 e. The summed E-state index contributed by atoms with van der Waals surface area (Å²) in [6.45, 7) is 1.81. The van der Waals surface area contributed by atoms with Crippen molar-refractivity contribution in [3.05, 3.63) is 100 Å². The maximum atomic E-state index is 10.6. The molecular weight excluding hydrogens is 556 g/mol. The normalized spacial score (nSPS) is 18.4. The van der Waals surface area contributed by atoms with Crippen LogP contribution < -0.4 is 14.2 Å². The monoisotopic (exact) mass is 596 g/mol. The Bertz CT molecular complexity index is 1650. The molecule has 2 aliphatic rings. The predicted molar refractivity (Wildman–Crippen MR) is 169 cm³/mol. The van der Waals surface area contributed by atoms with Crippen LogP contribution in [-0.2, 0) is 25.7 Å². The van der Waals surface area contributed by atoms with E-state index in [1.165, 1.54) is 11.1 Å². The van der Waals surface area contributed by atoms with Crippen LogP contribution in [0.4, 0.5) is 0 Å². The van der Waals surface area contributed by atoms with Crippen molar-refractivity contribution in [2.24, 2.45) is 0 Å². The molecule has 0 saturated heterocycles. The number of phenolic OH excluding ortho intramolecular Hbond substituents is 3. The zero-order valence-electron chi connectivity index (χ0n) is 25.7. The molecule has 2 aliphatic heterocycles. The summed E-state index contributed by atoms with van der Waals surface area (Å²) < 4.78 is 16.9. The fourth-order valence-electron chi connectivity index (χ4n) is 6.58. The molecule has 0 fully saturated rings. The van der Waals surface area contributed by atoms with Crippen LogP contribution in [0.25, 0.3) is 0 Å². The molecule has 0 radical (unpaired) electrons. The third-order valence-corrected chi connectivity index (χ3v) is 9.16. The number of methoxy groups -OCH3 is 2. The van der Waals surface area contributed by atoms with Gasteiger partial charge >= 0.3 is 0 Å². The van der Waals surface area contributed by atoms with Crippen molar-refractivity contribution in [3.8, 4) is 40.2 Å². The summed E-state index contributed by atoms with van der Waals surface area (Å²) in [7, 11) is 7.37. The molecule has 3 N–H and O–H groups in total. The molecule has 0 aromatic heterocycles. The number of hydrogen-bond acceptors (Lipinski definition) is 8. The van der Waals surface area contributed by atoms with E-state index in [4.69, 9.17) is 14.2 Å². The van der Waals surface area contributed by atoms with Crippen LogP contribution in [0.1, 0.15) is 45.5 Å². The number of likely N-dealkylation sites (N-methyl/N-ethyl adjacent to an activating group) is 2. The van der Waals surface area contributed by atoms with Crippen LogP contribution >= 0.6 is 0 Å². The van der Waals surface area contributed by atoms with Gasteiger partial charge in [0.1, 0.15) is 5.75 Å². The molecule has 2 unspecified atom stereocenters. The lowest BCUT2D eigenvalue weighted by molar-refractivity contribution is 0.228. The average molecular weight is 597 g/mol. The van der Waals surface area contributed by atoms with Gasteiger partial charge in [-0.1, -0.05) is 18.2 Å². The van der Waals surface area contributed by atoms with Gasteiger partial charge in [-0.25, -0.2) is 0 Å².